The summed E-state index contributed by atoms with van der Waals surface area (Å²) in [6, 6.07) is 7.76. The van der Waals surface area contributed by atoms with Gasteiger partial charge in [0, 0.05) is 19.6 Å². The van der Waals surface area contributed by atoms with E-state index in [4.69, 9.17) is 0 Å². The third-order valence-corrected chi connectivity index (χ3v) is 5.67. The summed E-state index contributed by atoms with van der Waals surface area (Å²) in [5, 5.41) is 12.5. The average molecular weight is 387 g/mol. The number of carboxylic acids is 1. The first-order valence-corrected chi connectivity index (χ1v) is 9.97. The fraction of sp³-hybridized carbons (Fsp3) is 0.571. The first kappa shape index (κ1) is 20.3. The molecular weight excluding hydrogens is 358 g/mol. The molecule has 1 aromatic carbocycles. The third-order valence-electron chi connectivity index (χ3n) is 5.67. The van der Waals surface area contributed by atoms with Crippen molar-refractivity contribution < 1.29 is 19.5 Å². The summed E-state index contributed by atoms with van der Waals surface area (Å²) >= 11 is 0. The van der Waals surface area contributed by atoms with E-state index in [-0.39, 0.29) is 12.3 Å². The molecular formula is C21H29N3O4. The zero-order valence-corrected chi connectivity index (χ0v) is 16.6. The number of rotatable bonds is 7. The Morgan fingerprint density at radius 3 is 2.39 bits per heavy atom. The van der Waals surface area contributed by atoms with E-state index in [1.165, 1.54) is 0 Å². The van der Waals surface area contributed by atoms with Gasteiger partial charge in [0.05, 0.1) is 0 Å². The minimum atomic E-state index is -1.15. The molecule has 2 aliphatic rings. The van der Waals surface area contributed by atoms with Crippen molar-refractivity contribution in [3.05, 3.63) is 35.9 Å². The summed E-state index contributed by atoms with van der Waals surface area (Å²) in [5.41, 5.74) is 0.0304. The monoisotopic (exact) mass is 387 g/mol. The first-order chi connectivity index (χ1) is 13.3. The molecule has 3 amide bonds. The lowest BCUT2D eigenvalue weighted by Gasteiger charge is -2.38. The topological polar surface area (TPSA) is 90.0 Å². The standard InChI is InChI=1S/C21H29N3O4/c1-15(2)14-23-12-10-21(11-13-23)19(27)24(20(28)22-21)17(18(25)26)9-8-16-6-4-3-5-7-16/h3-7,15,17H,8-14H2,1-2H3,(H,22,28)(H,25,26). The summed E-state index contributed by atoms with van der Waals surface area (Å²) in [4.78, 5) is 40.8. The normalized spacial score (nSPS) is 20.6. The van der Waals surface area contributed by atoms with Crippen molar-refractivity contribution >= 4 is 17.9 Å². The van der Waals surface area contributed by atoms with Gasteiger partial charge in [-0.15, -0.1) is 0 Å². The van der Waals surface area contributed by atoms with Gasteiger partial charge in [-0.2, -0.15) is 0 Å². The molecule has 28 heavy (non-hydrogen) atoms. The summed E-state index contributed by atoms with van der Waals surface area (Å²) in [6.07, 6.45) is 1.73. The Labute approximate surface area is 165 Å². The van der Waals surface area contributed by atoms with Crippen LogP contribution >= 0.6 is 0 Å². The molecule has 0 bridgehead atoms. The lowest BCUT2D eigenvalue weighted by molar-refractivity contribution is -0.148. The number of carboxylic acid groups (broad SMARTS) is 1. The second-order valence-electron chi connectivity index (χ2n) is 8.26. The quantitative estimate of drug-likeness (QED) is 0.700. The zero-order valence-electron chi connectivity index (χ0n) is 16.6. The Balaban J connectivity index is 1.70. The Bertz CT molecular complexity index is 726. The number of hydrogen-bond acceptors (Lipinski definition) is 4. The van der Waals surface area contributed by atoms with Crippen molar-refractivity contribution in [2.24, 2.45) is 5.92 Å². The van der Waals surface area contributed by atoms with Crippen molar-refractivity contribution in [3.63, 3.8) is 0 Å². The molecule has 1 aromatic rings. The lowest BCUT2D eigenvalue weighted by Crippen LogP contribution is -2.56. The van der Waals surface area contributed by atoms with Crippen molar-refractivity contribution in [1.82, 2.24) is 15.1 Å². The predicted octanol–water partition coefficient (Wildman–Crippen LogP) is 2.11. The molecule has 1 atom stereocenters. The number of aryl methyl sites for hydroxylation is 1. The zero-order chi connectivity index (χ0) is 20.3. The van der Waals surface area contributed by atoms with Gasteiger partial charge in [-0.3, -0.25) is 4.79 Å². The SMILES string of the molecule is CC(C)CN1CCC2(CC1)NC(=O)N(C(CCc1ccccc1)C(=O)O)C2=O. The number of likely N-dealkylation sites (tertiary alicyclic amines) is 1. The van der Waals surface area contributed by atoms with E-state index in [1.54, 1.807) is 0 Å². The Morgan fingerprint density at radius 2 is 1.82 bits per heavy atom. The van der Waals surface area contributed by atoms with Crippen molar-refractivity contribution in [3.8, 4) is 0 Å². The first-order valence-electron chi connectivity index (χ1n) is 9.97. The van der Waals surface area contributed by atoms with Crippen molar-refractivity contribution in [2.45, 2.75) is 51.1 Å². The van der Waals surface area contributed by atoms with Crippen LogP contribution in [0.3, 0.4) is 0 Å². The van der Waals surface area contributed by atoms with E-state index in [0.29, 0.717) is 25.2 Å². The number of benzene rings is 1. The number of nitrogens with zero attached hydrogens (tertiary/aromatic N) is 2. The molecule has 7 nitrogen and oxygen atoms in total. The van der Waals surface area contributed by atoms with Crippen LogP contribution in [0, 0.1) is 5.92 Å². The molecule has 0 radical (unpaired) electrons. The highest BCUT2D eigenvalue weighted by Gasteiger charge is 2.55. The Morgan fingerprint density at radius 1 is 1.18 bits per heavy atom. The fourth-order valence-corrected chi connectivity index (χ4v) is 4.21. The van der Waals surface area contributed by atoms with Crippen LogP contribution in [0.15, 0.2) is 30.3 Å². The lowest BCUT2D eigenvalue weighted by atomic mass is 9.87. The maximum absolute atomic E-state index is 13.1. The minimum Gasteiger partial charge on any atom is -0.480 e. The van der Waals surface area contributed by atoms with Crippen LogP contribution in [0.4, 0.5) is 4.79 Å². The van der Waals surface area contributed by atoms with Gasteiger partial charge >= 0.3 is 12.0 Å². The number of hydrogen-bond donors (Lipinski definition) is 2. The highest BCUT2D eigenvalue weighted by Crippen LogP contribution is 2.31. The number of carbonyl (C=O) groups is 3. The fourth-order valence-electron chi connectivity index (χ4n) is 4.21. The van der Waals surface area contributed by atoms with Crippen molar-refractivity contribution in [1.29, 1.82) is 0 Å². The summed E-state index contributed by atoms with van der Waals surface area (Å²) in [5.74, 6) is -0.996. The van der Waals surface area contributed by atoms with Gasteiger partial charge in [0.1, 0.15) is 11.6 Å². The molecule has 7 heteroatoms. The number of imide groups is 1. The number of aliphatic carboxylic acids is 1. The number of carbonyl (C=O) groups excluding carboxylic acids is 2. The van der Waals surface area contributed by atoms with Crippen LogP contribution in [0.25, 0.3) is 0 Å². The van der Waals surface area contributed by atoms with Crippen LogP contribution in [0.5, 0.6) is 0 Å². The minimum absolute atomic E-state index is 0.202. The predicted molar refractivity (Wildman–Crippen MR) is 105 cm³/mol. The second kappa shape index (κ2) is 8.31. The molecule has 2 N–H and O–H groups in total. The van der Waals surface area contributed by atoms with Gasteiger partial charge in [0.25, 0.3) is 5.91 Å². The van der Waals surface area contributed by atoms with E-state index in [1.807, 2.05) is 30.3 Å². The Hall–Kier alpha value is -2.41. The Kier molecular flexibility index (Phi) is 6.03. The van der Waals surface area contributed by atoms with Crippen LogP contribution in [-0.2, 0) is 16.0 Å². The molecule has 2 saturated heterocycles. The molecule has 0 aromatic heterocycles. The molecule has 2 fully saturated rings. The average Bonchev–Trinajstić information content (AvgIpc) is 2.88. The molecule has 2 heterocycles. The molecule has 1 spiro atoms. The van der Waals surface area contributed by atoms with E-state index < -0.39 is 23.6 Å². The van der Waals surface area contributed by atoms with Crippen LogP contribution in [0.2, 0.25) is 0 Å². The maximum Gasteiger partial charge on any atom is 0.327 e. The highest BCUT2D eigenvalue weighted by molar-refractivity contribution is 6.09. The van der Waals surface area contributed by atoms with Gasteiger partial charge in [-0.25, -0.2) is 14.5 Å². The number of nitrogens with one attached hydrogen (secondary N) is 1. The molecule has 0 saturated carbocycles. The maximum atomic E-state index is 13.1. The summed E-state index contributed by atoms with van der Waals surface area (Å²) in [6.45, 7) is 6.70. The molecule has 152 valence electrons. The summed E-state index contributed by atoms with van der Waals surface area (Å²) in [7, 11) is 0. The van der Waals surface area contributed by atoms with Gasteiger partial charge in [0.15, 0.2) is 0 Å². The number of urea groups is 1. The van der Waals surface area contributed by atoms with Crippen molar-refractivity contribution in [2.75, 3.05) is 19.6 Å². The van der Waals surface area contributed by atoms with E-state index in [2.05, 4.69) is 24.1 Å². The summed E-state index contributed by atoms with van der Waals surface area (Å²) < 4.78 is 0. The van der Waals surface area contributed by atoms with Crippen LogP contribution in [-0.4, -0.2) is 64.0 Å². The molecule has 2 aliphatic heterocycles. The van der Waals surface area contributed by atoms with E-state index >= 15 is 0 Å². The number of amides is 3. The molecule has 1 unspecified atom stereocenters. The van der Waals surface area contributed by atoms with Gasteiger partial charge in [0.2, 0.25) is 0 Å². The molecule has 3 rings (SSSR count). The number of piperidine rings is 1. The van der Waals surface area contributed by atoms with Crippen LogP contribution < -0.4 is 5.32 Å². The largest absolute Gasteiger partial charge is 0.480 e. The van der Waals surface area contributed by atoms with E-state index in [0.717, 1.165) is 30.1 Å². The second-order valence-corrected chi connectivity index (χ2v) is 8.26. The van der Waals surface area contributed by atoms with E-state index in [9.17, 15) is 19.5 Å². The van der Waals surface area contributed by atoms with Gasteiger partial charge in [-0.1, -0.05) is 44.2 Å². The highest BCUT2D eigenvalue weighted by atomic mass is 16.4. The third kappa shape index (κ3) is 4.19. The smallest absolute Gasteiger partial charge is 0.327 e. The van der Waals surface area contributed by atoms with Gasteiger partial charge in [-0.05, 0) is 37.2 Å². The van der Waals surface area contributed by atoms with Gasteiger partial charge < -0.3 is 15.3 Å². The van der Waals surface area contributed by atoms with Crippen LogP contribution in [0.1, 0.15) is 38.7 Å². The molecule has 0 aliphatic carbocycles.